The minimum Gasteiger partial charge on any atom is -0.360 e. The third-order valence-electron chi connectivity index (χ3n) is 3.57. The molecule has 0 unspecified atom stereocenters. The first-order valence-electron chi connectivity index (χ1n) is 6.11. The van der Waals surface area contributed by atoms with Gasteiger partial charge in [-0.05, 0) is 32.3 Å². The molecule has 0 radical (unpaired) electrons. The number of nitro benzene ring substituents is 2. The van der Waals surface area contributed by atoms with Crippen LogP contribution in [0.25, 0.3) is 0 Å². The highest BCUT2D eigenvalue weighted by atomic mass is 16.6. The Morgan fingerprint density at radius 2 is 1.68 bits per heavy atom. The predicted octanol–water partition coefficient (Wildman–Crippen LogP) is 2.72. The standard InChI is InChI=1S/C12H15N3O4/c1-8-7-10(14(16)17)12(13-5-3-4-6-13)11(9(8)2)15(18)19/h7H,3-6H2,1-2H3. The Morgan fingerprint density at radius 3 is 2.16 bits per heavy atom. The molecule has 0 aliphatic carbocycles. The van der Waals surface area contributed by atoms with Crippen molar-refractivity contribution in [2.45, 2.75) is 26.7 Å². The van der Waals surface area contributed by atoms with Gasteiger partial charge in [0.1, 0.15) is 0 Å². The number of nitrogens with zero attached hydrogens (tertiary/aromatic N) is 3. The van der Waals surface area contributed by atoms with E-state index in [1.807, 2.05) is 0 Å². The van der Waals surface area contributed by atoms with Crippen molar-refractivity contribution < 1.29 is 9.85 Å². The number of benzene rings is 1. The zero-order chi connectivity index (χ0) is 14.2. The van der Waals surface area contributed by atoms with Crippen LogP contribution in [0, 0.1) is 34.1 Å². The summed E-state index contributed by atoms with van der Waals surface area (Å²) in [6, 6.07) is 1.43. The van der Waals surface area contributed by atoms with Gasteiger partial charge < -0.3 is 4.90 Å². The summed E-state index contributed by atoms with van der Waals surface area (Å²) < 4.78 is 0. The van der Waals surface area contributed by atoms with Crippen LogP contribution in [0.15, 0.2) is 6.07 Å². The second-order valence-electron chi connectivity index (χ2n) is 4.74. The molecule has 1 aliphatic heterocycles. The average molecular weight is 265 g/mol. The Kier molecular flexibility index (Phi) is 3.37. The molecule has 102 valence electrons. The number of anilines is 1. The van der Waals surface area contributed by atoms with Gasteiger partial charge in [-0.25, -0.2) is 0 Å². The summed E-state index contributed by atoms with van der Waals surface area (Å²) in [5.74, 6) is 0. The van der Waals surface area contributed by atoms with Crippen molar-refractivity contribution in [2.24, 2.45) is 0 Å². The van der Waals surface area contributed by atoms with E-state index in [0.717, 1.165) is 12.8 Å². The molecule has 0 N–H and O–H groups in total. The van der Waals surface area contributed by atoms with Crippen molar-refractivity contribution in [1.29, 1.82) is 0 Å². The fourth-order valence-electron chi connectivity index (χ4n) is 2.48. The van der Waals surface area contributed by atoms with Crippen LogP contribution in [-0.4, -0.2) is 22.9 Å². The Morgan fingerprint density at radius 1 is 1.11 bits per heavy atom. The molecule has 0 saturated carbocycles. The zero-order valence-electron chi connectivity index (χ0n) is 10.9. The van der Waals surface area contributed by atoms with Crippen LogP contribution in [0.4, 0.5) is 17.1 Å². The van der Waals surface area contributed by atoms with E-state index in [1.54, 1.807) is 18.7 Å². The fourth-order valence-corrected chi connectivity index (χ4v) is 2.48. The Labute approximate surface area is 110 Å². The monoisotopic (exact) mass is 265 g/mol. The molecule has 1 fully saturated rings. The zero-order valence-corrected chi connectivity index (χ0v) is 10.9. The summed E-state index contributed by atoms with van der Waals surface area (Å²) in [4.78, 5) is 23.2. The summed E-state index contributed by atoms with van der Waals surface area (Å²) in [6.45, 7) is 4.55. The molecular formula is C12H15N3O4. The lowest BCUT2D eigenvalue weighted by Crippen LogP contribution is -2.21. The first kappa shape index (κ1) is 13.3. The van der Waals surface area contributed by atoms with Gasteiger partial charge >= 0.3 is 5.69 Å². The quantitative estimate of drug-likeness (QED) is 0.619. The van der Waals surface area contributed by atoms with E-state index >= 15 is 0 Å². The molecule has 2 rings (SSSR count). The lowest BCUT2D eigenvalue weighted by Gasteiger charge is -2.19. The van der Waals surface area contributed by atoms with Crippen LogP contribution in [0.1, 0.15) is 24.0 Å². The fraction of sp³-hybridized carbons (Fsp3) is 0.500. The predicted molar refractivity (Wildman–Crippen MR) is 70.7 cm³/mol. The molecular weight excluding hydrogens is 250 g/mol. The third-order valence-corrected chi connectivity index (χ3v) is 3.57. The largest absolute Gasteiger partial charge is 0.360 e. The first-order valence-corrected chi connectivity index (χ1v) is 6.11. The van der Waals surface area contributed by atoms with Crippen molar-refractivity contribution >= 4 is 17.1 Å². The summed E-state index contributed by atoms with van der Waals surface area (Å²) >= 11 is 0. The highest BCUT2D eigenvalue weighted by molar-refractivity contribution is 5.79. The van der Waals surface area contributed by atoms with Crippen molar-refractivity contribution in [3.05, 3.63) is 37.4 Å². The van der Waals surface area contributed by atoms with Gasteiger partial charge in [-0.2, -0.15) is 0 Å². The molecule has 7 nitrogen and oxygen atoms in total. The molecule has 1 saturated heterocycles. The summed E-state index contributed by atoms with van der Waals surface area (Å²) in [7, 11) is 0. The SMILES string of the molecule is Cc1cc([N+](=O)[O-])c(N2CCCC2)c([N+](=O)[O-])c1C. The van der Waals surface area contributed by atoms with E-state index < -0.39 is 9.85 Å². The van der Waals surface area contributed by atoms with Crippen LogP contribution in [0.3, 0.4) is 0 Å². The molecule has 0 aromatic heterocycles. The van der Waals surface area contributed by atoms with Gasteiger partial charge in [-0.15, -0.1) is 0 Å². The minimum absolute atomic E-state index is 0.131. The summed E-state index contributed by atoms with van der Waals surface area (Å²) in [6.07, 6.45) is 1.81. The van der Waals surface area contributed by atoms with Gasteiger partial charge in [0, 0.05) is 24.7 Å². The van der Waals surface area contributed by atoms with Gasteiger partial charge in [-0.3, -0.25) is 20.2 Å². The van der Waals surface area contributed by atoms with E-state index in [0.29, 0.717) is 24.2 Å². The van der Waals surface area contributed by atoms with E-state index in [9.17, 15) is 20.2 Å². The highest BCUT2D eigenvalue weighted by Gasteiger charge is 2.34. The molecule has 1 aromatic carbocycles. The molecule has 7 heteroatoms. The molecule has 0 atom stereocenters. The second kappa shape index (κ2) is 4.83. The van der Waals surface area contributed by atoms with Crippen LogP contribution < -0.4 is 4.90 Å². The lowest BCUT2D eigenvalue weighted by molar-refractivity contribution is -0.393. The number of hydrogen-bond acceptors (Lipinski definition) is 5. The summed E-state index contributed by atoms with van der Waals surface area (Å²) in [5.41, 5.74) is 0.930. The number of nitro groups is 2. The molecule has 1 heterocycles. The van der Waals surface area contributed by atoms with E-state index in [4.69, 9.17) is 0 Å². The van der Waals surface area contributed by atoms with E-state index in [-0.39, 0.29) is 17.1 Å². The van der Waals surface area contributed by atoms with Gasteiger partial charge in [0.2, 0.25) is 0 Å². The van der Waals surface area contributed by atoms with Gasteiger partial charge in [0.05, 0.1) is 9.85 Å². The van der Waals surface area contributed by atoms with Crippen molar-refractivity contribution in [2.75, 3.05) is 18.0 Å². The van der Waals surface area contributed by atoms with Gasteiger partial charge in [0.15, 0.2) is 5.69 Å². The minimum atomic E-state index is -0.535. The highest BCUT2D eigenvalue weighted by Crippen LogP contribution is 2.42. The van der Waals surface area contributed by atoms with Crippen LogP contribution in [0.2, 0.25) is 0 Å². The number of rotatable bonds is 3. The first-order chi connectivity index (χ1) is 8.93. The van der Waals surface area contributed by atoms with E-state index in [2.05, 4.69) is 0 Å². The molecule has 1 aromatic rings. The van der Waals surface area contributed by atoms with Crippen molar-refractivity contribution in [3.63, 3.8) is 0 Å². The Bertz CT molecular complexity index is 550. The van der Waals surface area contributed by atoms with Gasteiger partial charge in [0.25, 0.3) is 5.69 Å². The molecule has 0 bridgehead atoms. The maximum Gasteiger partial charge on any atom is 0.302 e. The second-order valence-corrected chi connectivity index (χ2v) is 4.74. The normalized spacial score (nSPS) is 14.7. The van der Waals surface area contributed by atoms with Crippen LogP contribution in [-0.2, 0) is 0 Å². The smallest absolute Gasteiger partial charge is 0.302 e. The average Bonchev–Trinajstić information content (AvgIpc) is 2.84. The van der Waals surface area contributed by atoms with Crippen molar-refractivity contribution in [1.82, 2.24) is 0 Å². The van der Waals surface area contributed by atoms with Crippen LogP contribution in [0.5, 0.6) is 0 Å². The topological polar surface area (TPSA) is 89.5 Å². The van der Waals surface area contributed by atoms with Gasteiger partial charge in [-0.1, -0.05) is 0 Å². The summed E-state index contributed by atoms with van der Waals surface area (Å²) in [5, 5.41) is 22.5. The third kappa shape index (κ3) is 2.23. The Hall–Kier alpha value is -2.18. The number of hydrogen-bond donors (Lipinski definition) is 0. The number of aryl methyl sites for hydroxylation is 1. The Balaban J connectivity index is 2.74. The molecule has 1 aliphatic rings. The molecule has 0 spiro atoms. The maximum atomic E-state index is 11.3. The van der Waals surface area contributed by atoms with E-state index in [1.165, 1.54) is 6.07 Å². The maximum absolute atomic E-state index is 11.3. The molecule has 19 heavy (non-hydrogen) atoms. The molecule has 0 amide bonds. The van der Waals surface area contributed by atoms with Crippen LogP contribution >= 0.6 is 0 Å². The lowest BCUT2D eigenvalue weighted by atomic mass is 10.0. The van der Waals surface area contributed by atoms with Crippen molar-refractivity contribution in [3.8, 4) is 0 Å².